The third-order valence-electron chi connectivity index (χ3n) is 3.94. The molecule has 0 aliphatic rings. The third-order valence-corrected chi connectivity index (χ3v) is 5.75. The largest absolute Gasteiger partial charge is 0.416 e. The van der Waals surface area contributed by atoms with Crippen molar-refractivity contribution in [1.29, 1.82) is 0 Å². The van der Waals surface area contributed by atoms with Gasteiger partial charge >= 0.3 is 6.18 Å². The second kappa shape index (κ2) is 7.69. The van der Waals surface area contributed by atoms with Crippen LogP contribution in [0.2, 0.25) is 0 Å². The highest BCUT2D eigenvalue weighted by Gasteiger charge is 2.33. The summed E-state index contributed by atoms with van der Waals surface area (Å²) in [7, 11) is 0.364. The van der Waals surface area contributed by atoms with Gasteiger partial charge in [-0.15, -0.1) is 0 Å². The van der Waals surface area contributed by atoms with Crippen LogP contribution < -0.4 is 0 Å². The van der Waals surface area contributed by atoms with Gasteiger partial charge in [0.15, 0.2) is 0 Å². The third kappa shape index (κ3) is 4.67. The zero-order chi connectivity index (χ0) is 20.4. The van der Waals surface area contributed by atoms with Crippen molar-refractivity contribution in [2.45, 2.75) is 17.6 Å². The molecule has 5 nitrogen and oxygen atoms in total. The predicted molar refractivity (Wildman–Crippen MR) is 94.6 cm³/mol. The molecule has 9 heteroatoms. The molecule has 0 aliphatic heterocycles. The van der Waals surface area contributed by atoms with E-state index in [4.69, 9.17) is 0 Å². The van der Waals surface area contributed by atoms with Crippen molar-refractivity contribution in [3.05, 3.63) is 65.2 Å². The molecule has 1 amide bonds. The van der Waals surface area contributed by atoms with Crippen molar-refractivity contribution in [3.8, 4) is 0 Å². The monoisotopic (exact) mass is 400 g/mol. The normalized spacial score (nSPS) is 12.3. The Morgan fingerprint density at radius 1 is 1.00 bits per heavy atom. The maximum Gasteiger partial charge on any atom is 0.416 e. The van der Waals surface area contributed by atoms with Gasteiger partial charge in [-0.1, -0.05) is 24.3 Å². The number of halogens is 3. The molecule has 0 N–H and O–H groups in total. The van der Waals surface area contributed by atoms with Gasteiger partial charge in [0.2, 0.25) is 10.0 Å². The average molecular weight is 400 g/mol. The van der Waals surface area contributed by atoms with Gasteiger partial charge in [-0.3, -0.25) is 4.79 Å². The van der Waals surface area contributed by atoms with E-state index >= 15 is 0 Å². The Hall–Kier alpha value is -2.39. The molecule has 0 spiro atoms. The lowest BCUT2D eigenvalue weighted by Gasteiger charge is -2.21. The number of nitrogens with zero attached hydrogens (tertiary/aromatic N) is 2. The highest BCUT2D eigenvalue weighted by Crippen LogP contribution is 2.32. The molecule has 0 heterocycles. The van der Waals surface area contributed by atoms with Crippen molar-refractivity contribution >= 4 is 15.9 Å². The first-order chi connectivity index (χ1) is 12.4. The minimum absolute atomic E-state index is 0.0436. The van der Waals surface area contributed by atoms with Gasteiger partial charge in [0, 0.05) is 33.3 Å². The van der Waals surface area contributed by atoms with Crippen LogP contribution >= 0.6 is 0 Å². The summed E-state index contributed by atoms with van der Waals surface area (Å²) in [6, 6.07) is 10.4. The Morgan fingerprint density at radius 2 is 1.63 bits per heavy atom. The van der Waals surface area contributed by atoms with Crippen molar-refractivity contribution in [1.82, 2.24) is 9.21 Å². The van der Waals surface area contributed by atoms with E-state index in [9.17, 15) is 26.4 Å². The molecule has 0 bridgehead atoms. The number of amides is 1. The van der Waals surface area contributed by atoms with Crippen LogP contribution in [0.4, 0.5) is 13.2 Å². The number of carbonyl (C=O) groups excluding carboxylic acids is 1. The van der Waals surface area contributed by atoms with E-state index in [1.165, 1.54) is 63.6 Å². The van der Waals surface area contributed by atoms with E-state index in [1.54, 1.807) is 0 Å². The Morgan fingerprint density at radius 3 is 2.22 bits per heavy atom. The van der Waals surface area contributed by atoms with Gasteiger partial charge in [0.1, 0.15) is 0 Å². The quantitative estimate of drug-likeness (QED) is 0.774. The van der Waals surface area contributed by atoms with Crippen LogP contribution in [0.1, 0.15) is 21.5 Å². The first-order valence-corrected chi connectivity index (χ1v) is 9.31. The van der Waals surface area contributed by atoms with E-state index in [-0.39, 0.29) is 22.6 Å². The van der Waals surface area contributed by atoms with Crippen molar-refractivity contribution in [3.63, 3.8) is 0 Å². The lowest BCUT2D eigenvalue weighted by atomic mass is 10.1. The molecule has 0 atom stereocenters. The predicted octanol–water partition coefficient (Wildman–Crippen LogP) is 3.23. The number of rotatable bonds is 5. The Bertz CT molecular complexity index is 941. The Kier molecular flexibility index (Phi) is 5.96. The van der Waals surface area contributed by atoms with Crippen molar-refractivity contribution < 1.29 is 26.4 Å². The van der Waals surface area contributed by atoms with Crippen LogP contribution in [0.3, 0.4) is 0 Å². The number of carbonyl (C=O) groups is 1. The lowest BCUT2D eigenvalue weighted by Crippen LogP contribution is -2.28. The maximum atomic E-state index is 13.1. The summed E-state index contributed by atoms with van der Waals surface area (Å²) in [6.45, 7) is -0.265. The fourth-order valence-corrected chi connectivity index (χ4v) is 3.43. The molecule has 0 aromatic heterocycles. The van der Waals surface area contributed by atoms with Crippen LogP contribution in [-0.4, -0.2) is 44.7 Å². The number of hydrogen-bond donors (Lipinski definition) is 0. The zero-order valence-electron chi connectivity index (χ0n) is 15.0. The molecular formula is C18H19F3N2O3S. The standard InChI is InChI=1S/C18H19F3N2O3S/c1-22(2)27(25,26)15-9-6-8-13(11-15)17(24)23(3)12-14-7-4-5-10-16(14)18(19,20)21/h4-11H,12H2,1-3H3. The Balaban J connectivity index is 2.30. The minimum atomic E-state index is -4.53. The molecule has 0 aliphatic carbocycles. The van der Waals surface area contributed by atoms with Crippen LogP contribution in [0.15, 0.2) is 53.4 Å². The van der Waals surface area contributed by atoms with Gasteiger partial charge in [-0.2, -0.15) is 13.2 Å². The second-order valence-electron chi connectivity index (χ2n) is 6.13. The second-order valence-corrected chi connectivity index (χ2v) is 8.28. The molecule has 0 unspecified atom stereocenters. The summed E-state index contributed by atoms with van der Waals surface area (Å²) in [5.74, 6) is -0.581. The fraction of sp³-hybridized carbons (Fsp3) is 0.278. The highest BCUT2D eigenvalue weighted by atomic mass is 32.2. The topological polar surface area (TPSA) is 57.7 Å². The maximum absolute atomic E-state index is 13.1. The summed E-state index contributed by atoms with van der Waals surface area (Å²) in [4.78, 5) is 13.6. The van der Waals surface area contributed by atoms with Gasteiger partial charge in [-0.25, -0.2) is 12.7 Å². The van der Waals surface area contributed by atoms with Crippen LogP contribution in [0.5, 0.6) is 0 Å². The molecule has 2 rings (SSSR count). The van der Waals surface area contributed by atoms with Gasteiger partial charge < -0.3 is 4.90 Å². The lowest BCUT2D eigenvalue weighted by molar-refractivity contribution is -0.138. The summed E-state index contributed by atoms with van der Waals surface area (Å²) in [6.07, 6.45) is -4.53. The molecule has 2 aromatic rings. The molecule has 0 saturated heterocycles. The van der Waals surface area contributed by atoms with Crippen LogP contribution in [-0.2, 0) is 22.7 Å². The molecule has 2 aromatic carbocycles. The number of sulfonamides is 1. The summed E-state index contributed by atoms with van der Waals surface area (Å²) in [5, 5.41) is 0. The van der Waals surface area contributed by atoms with E-state index in [0.717, 1.165) is 15.3 Å². The summed E-state index contributed by atoms with van der Waals surface area (Å²) >= 11 is 0. The molecule has 0 saturated carbocycles. The summed E-state index contributed by atoms with van der Waals surface area (Å²) < 4.78 is 64.7. The fourth-order valence-electron chi connectivity index (χ4n) is 2.48. The molecule has 0 fully saturated rings. The van der Waals surface area contributed by atoms with E-state index < -0.39 is 27.7 Å². The first-order valence-electron chi connectivity index (χ1n) is 7.87. The van der Waals surface area contributed by atoms with Crippen LogP contribution in [0, 0.1) is 0 Å². The smallest absolute Gasteiger partial charge is 0.337 e. The number of alkyl halides is 3. The molecular weight excluding hydrogens is 381 g/mol. The van der Waals surface area contributed by atoms with Gasteiger partial charge in [-0.05, 0) is 29.8 Å². The molecule has 0 radical (unpaired) electrons. The molecule has 27 heavy (non-hydrogen) atoms. The average Bonchev–Trinajstić information content (AvgIpc) is 2.60. The van der Waals surface area contributed by atoms with E-state index in [1.807, 2.05) is 0 Å². The van der Waals surface area contributed by atoms with Crippen molar-refractivity contribution in [2.75, 3.05) is 21.1 Å². The molecule has 146 valence electrons. The zero-order valence-corrected chi connectivity index (χ0v) is 15.8. The SMILES string of the molecule is CN(Cc1ccccc1C(F)(F)F)C(=O)c1cccc(S(=O)(=O)N(C)C)c1. The van der Waals surface area contributed by atoms with Crippen LogP contribution in [0.25, 0.3) is 0 Å². The first kappa shape index (κ1) is 20.9. The Labute approximate surface area is 156 Å². The van der Waals surface area contributed by atoms with E-state index in [2.05, 4.69) is 0 Å². The van der Waals surface area contributed by atoms with Gasteiger partial charge in [0.05, 0.1) is 10.5 Å². The van der Waals surface area contributed by atoms with E-state index in [0.29, 0.717) is 0 Å². The highest BCUT2D eigenvalue weighted by molar-refractivity contribution is 7.89. The minimum Gasteiger partial charge on any atom is -0.337 e. The van der Waals surface area contributed by atoms with Crippen molar-refractivity contribution in [2.24, 2.45) is 0 Å². The van der Waals surface area contributed by atoms with Gasteiger partial charge in [0.25, 0.3) is 5.91 Å². The number of hydrogen-bond acceptors (Lipinski definition) is 3. The summed E-state index contributed by atoms with van der Waals surface area (Å²) in [5.41, 5.74) is -0.781. The number of benzene rings is 2.